The first-order chi connectivity index (χ1) is 16.7. The Kier molecular flexibility index (Phi) is 7.28. The number of nitro groups is 1. The van der Waals surface area contributed by atoms with Crippen LogP contribution in [-0.4, -0.2) is 20.8 Å². The van der Waals surface area contributed by atoms with Crippen molar-refractivity contribution in [3.8, 4) is 5.75 Å². The number of fused-ring (bicyclic) bond motifs is 1. The van der Waals surface area contributed by atoms with Gasteiger partial charge >= 0.3 is 5.69 Å². The lowest BCUT2D eigenvalue weighted by atomic mass is 10.1. The minimum absolute atomic E-state index is 0.0480. The zero-order valence-electron chi connectivity index (χ0n) is 18.8. The second-order valence-electron chi connectivity index (χ2n) is 8.02. The highest BCUT2D eigenvalue weighted by Crippen LogP contribution is 2.31. The molecule has 0 aliphatic carbocycles. The smallest absolute Gasteiger partial charge is 0.311 e. The topological polar surface area (TPSA) is 99.6 Å². The zero-order valence-corrected chi connectivity index (χ0v) is 21.2. The van der Waals surface area contributed by atoms with Gasteiger partial charge in [-0.3, -0.25) is 14.9 Å². The van der Waals surface area contributed by atoms with E-state index in [4.69, 9.17) is 16.3 Å². The molecule has 1 heterocycles. The van der Waals surface area contributed by atoms with Crippen molar-refractivity contribution in [2.45, 2.75) is 26.4 Å². The molecule has 0 fully saturated rings. The van der Waals surface area contributed by atoms with Gasteiger partial charge in [0.05, 0.1) is 22.0 Å². The van der Waals surface area contributed by atoms with Gasteiger partial charge in [0.1, 0.15) is 12.4 Å². The molecule has 0 aliphatic heterocycles. The van der Waals surface area contributed by atoms with Gasteiger partial charge in [0.15, 0.2) is 0 Å². The van der Waals surface area contributed by atoms with Gasteiger partial charge < -0.3 is 4.74 Å². The number of benzene rings is 3. The summed E-state index contributed by atoms with van der Waals surface area (Å²) in [6.07, 6.45) is 1.38. The van der Waals surface area contributed by atoms with E-state index in [1.165, 1.54) is 23.0 Å². The van der Waals surface area contributed by atoms with Gasteiger partial charge in [0.2, 0.25) is 5.75 Å². The molecule has 0 saturated carbocycles. The molecular weight excluding hydrogens is 536 g/mol. The second-order valence-corrected chi connectivity index (χ2v) is 9.37. The fraction of sp³-hybridized carbons (Fsp3) is 0.160. The maximum Gasteiger partial charge on any atom is 0.311 e. The van der Waals surface area contributed by atoms with Gasteiger partial charge in [-0.05, 0) is 42.0 Å². The Bertz CT molecular complexity index is 1500. The van der Waals surface area contributed by atoms with Crippen molar-refractivity contribution in [2.24, 2.45) is 5.10 Å². The Hall–Kier alpha value is -3.56. The largest absolute Gasteiger partial charge is 0.481 e. The van der Waals surface area contributed by atoms with Crippen LogP contribution in [-0.2, 0) is 6.61 Å². The first kappa shape index (κ1) is 24.6. The minimum atomic E-state index is -0.518. The van der Waals surface area contributed by atoms with Crippen molar-refractivity contribution in [3.05, 3.63) is 108 Å². The van der Waals surface area contributed by atoms with Crippen molar-refractivity contribution in [3.63, 3.8) is 0 Å². The van der Waals surface area contributed by atoms with E-state index in [2.05, 4.69) is 26.0 Å². The number of rotatable bonds is 7. The number of halogens is 2. The second kappa shape index (κ2) is 10.4. The SMILES string of the molecule is CC(C)c1nc2ccc(Br)cc2c(=O)n1N=Cc1cccc([N+](=O)[O-])c1OCc1ccc(Cl)cc1. The third-order valence-electron chi connectivity index (χ3n) is 5.18. The summed E-state index contributed by atoms with van der Waals surface area (Å²) in [4.78, 5) is 29.0. The Balaban J connectivity index is 1.78. The summed E-state index contributed by atoms with van der Waals surface area (Å²) < 4.78 is 7.82. The van der Waals surface area contributed by atoms with Crippen LogP contribution in [0.2, 0.25) is 5.02 Å². The van der Waals surface area contributed by atoms with E-state index >= 15 is 0 Å². The Morgan fingerprint density at radius 2 is 1.94 bits per heavy atom. The number of aromatic nitrogens is 2. The summed E-state index contributed by atoms with van der Waals surface area (Å²) in [7, 11) is 0. The highest BCUT2D eigenvalue weighted by molar-refractivity contribution is 9.10. The highest BCUT2D eigenvalue weighted by atomic mass is 79.9. The number of hydrogen-bond acceptors (Lipinski definition) is 6. The lowest BCUT2D eigenvalue weighted by Gasteiger charge is -2.13. The van der Waals surface area contributed by atoms with Crippen molar-refractivity contribution in [1.29, 1.82) is 0 Å². The Morgan fingerprint density at radius 3 is 2.63 bits per heavy atom. The predicted octanol–water partition coefficient (Wildman–Crippen LogP) is 6.31. The van der Waals surface area contributed by atoms with E-state index < -0.39 is 4.92 Å². The third-order valence-corrected chi connectivity index (χ3v) is 5.93. The molecule has 10 heteroatoms. The van der Waals surface area contributed by atoms with Crippen LogP contribution in [0.25, 0.3) is 10.9 Å². The van der Waals surface area contributed by atoms with E-state index in [0.717, 1.165) is 10.0 Å². The van der Waals surface area contributed by atoms with Gasteiger partial charge in [-0.15, -0.1) is 0 Å². The van der Waals surface area contributed by atoms with Gasteiger partial charge in [0, 0.05) is 27.0 Å². The van der Waals surface area contributed by atoms with Crippen LogP contribution in [0.4, 0.5) is 5.69 Å². The van der Waals surface area contributed by atoms with Gasteiger partial charge in [-0.2, -0.15) is 9.78 Å². The van der Waals surface area contributed by atoms with E-state index in [0.29, 0.717) is 27.3 Å². The first-order valence-corrected chi connectivity index (χ1v) is 11.8. The predicted molar refractivity (Wildman–Crippen MR) is 140 cm³/mol. The zero-order chi connectivity index (χ0) is 25.1. The summed E-state index contributed by atoms with van der Waals surface area (Å²) in [6.45, 7) is 3.91. The number of nitro benzene ring substituents is 1. The summed E-state index contributed by atoms with van der Waals surface area (Å²) in [5, 5.41) is 17.0. The molecule has 35 heavy (non-hydrogen) atoms. The number of nitrogens with zero attached hydrogens (tertiary/aromatic N) is 4. The fourth-order valence-corrected chi connectivity index (χ4v) is 3.94. The van der Waals surface area contributed by atoms with Crippen LogP contribution in [0.3, 0.4) is 0 Å². The molecule has 0 N–H and O–H groups in total. The quantitative estimate of drug-likeness (QED) is 0.151. The molecule has 0 atom stereocenters. The summed E-state index contributed by atoms with van der Waals surface area (Å²) >= 11 is 9.31. The van der Waals surface area contributed by atoms with Crippen molar-refractivity contribution in [2.75, 3.05) is 0 Å². The molecule has 1 aromatic heterocycles. The Labute approximate surface area is 214 Å². The van der Waals surface area contributed by atoms with Gasteiger partial charge in [0.25, 0.3) is 5.56 Å². The molecule has 0 saturated heterocycles. The number of para-hydroxylation sites is 1. The standard InChI is InChI=1S/C25H20BrClN4O4/c1-15(2)24-29-21-11-8-18(26)12-20(21)25(32)30(24)28-13-17-4-3-5-22(31(33)34)23(17)35-14-16-6-9-19(27)10-7-16/h3-13,15H,14H2,1-2H3. The maximum atomic E-state index is 13.3. The van der Waals surface area contributed by atoms with Crippen LogP contribution in [0.15, 0.2) is 75.0 Å². The van der Waals surface area contributed by atoms with Crippen LogP contribution in [0.5, 0.6) is 5.75 Å². The summed E-state index contributed by atoms with van der Waals surface area (Å²) in [5.74, 6) is 0.417. The number of ether oxygens (including phenoxy) is 1. The molecule has 0 spiro atoms. The summed E-state index contributed by atoms with van der Waals surface area (Å²) in [6, 6.07) is 16.8. The molecule has 8 nitrogen and oxygen atoms in total. The Morgan fingerprint density at radius 1 is 1.20 bits per heavy atom. The first-order valence-electron chi connectivity index (χ1n) is 10.7. The summed E-state index contributed by atoms with van der Waals surface area (Å²) in [5.41, 5.74) is 1.16. The monoisotopic (exact) mass is 554 g/mol. The van der Waals surface area contributed by atoms with Crippen LogP contribution < -0.4 is 10.3 Å². The van der Waals surface area contributed by atoms with Gasteiger partial charge in [-0.25, -0.2) is 4.98 Å². The van der Waals surface area contributed by atoms with E-state index in [1.54, 1.807) is 42.5 Å². The molecule has 0 unspecified atom stereocenters. The third kappa shape index (κ3) is 5.41. The van der Waals surface area contributed by atoms with E-state index in [1.807, 2.05) is 19.9 Å². The van der Waals surface area contributed by atoms with Gasteiger partial charge in [-0.1, -0.05) is 59.6 Å². The van der Waals surface area contributed by atoms with Crippen molar-refractivity contribution < 1.29 is 9.66 Å². The molecule has 0 bridgehead atoms. The molecule has 0 radical (unpaired) electrons. The molecular formula is C25H20BrClN4O4. The van der Waals surface area contributed by atoms with Crippen LogP contribution in [0, 0.1) is 10.1 Å². The van der Waals surface area contributed by atoms with E-state index in [-0.39, 0.29) is 29.5 Å². The lowest BCUT2D eigenvalue weighted by molar-refractivity contribution is -0.385. The molecule has 3 aromatic carbocycles. The average molecular weight is 556 g/mol. The molecule has 178 valence electrons. The van der Waals surface area contributed by atoms with Crippen molar-refractivity contribution >= 4 is 50.3 Å². The van der Waals surface area contributed by atoms with Crippen LogP contribution >= 0.6 is 27.5 Å². The number of hydrogen-bond donors (Lipinski definition) is 0. The average Bonchev–Trinajstić information content (AvgIpc) is 2.83. The molecule has 4 rings (SSSR count). The maximum absolute atomic E-state index is 13.3. The molecule has 0 aliphatic rings. The van der Waals surface area contributed by atoms with Crippen LogP contribution in [0.1, 0.15) is 36.7 Å². The molecule has 0 amide bonds. The fourth-order valence-electron chi connectivity index (χ4n) is 3.45. The molecule has 4 aromatic rings. The van der Waals surface area contributed by atoms with E-state index in [9.17, 15) is 14.9 Å². The highest BCUT2D eigenvalue weighted by Gasteiger charge is 2.19. The normalized spacial score (nSPS) is 11.5. The lowest BCUT2D eigenvalue weighted by Crippen LogP contribution is -2.23. The minimum Gasteiger partial charge on any atom is -0.481 e. The van der Waals surface area contributed by atoms with Crippen molar-refractivity contribution in [1.82, 2.24) is 9.66 Å².